The lowest BCUT2D eigenvalue weighted by molar-refractivity contribution is 0.102. The van der Waals surface area contributed by atoms with Gasteiger partial charge in [0.15, 0.2) is 0 Å². The molecule has 0 radical (unpaired) electrons. The Balaban J connectivity index is 1.84. The number of hydrogen-bond donors (Lipinski definition) is 1. The highest BCUT2D eigenvalue weighted by atomic mass is 127. The van der Waals surface area contributed by atoms with Crippen LogP contribution in [0.4, 0.5) is 5.69 Å². The fraction of sp³-hybridized carbons (Fsp3) is 0. The summed E-state index contributed by atoms with van der Waals surface area (Å²) in [4.78, 5) is 12.1. The molecule has 94 valence electrons. The van der Waals surface area contributed by atoms with E-state index in [0.717, 1.165) is 19.5 Å². The van der Waals surface area contributed by atoms with Crippen LogP contribution in [0.3, 0.4) is 0 Å². The standard InChI is InChI=1S/C13H8IN3OS/c14-9-2-4-10(5-3-9)15-13(18)8-1-6-12-11(7-8)16-17-19-12/h1-7H,(H,15,18). The van der Waals surface area contributed by atoms with Crippen LogP contribution in [0.25, 0.3) is 10.2 Å². The minimum absolute atomic E-state index is 0.142. The van der Waals surface area contributed by atoms with Gasteiger partial charge in [0.25, 0.3) is 5.91 Å². The van der Waals surface area contributed by atoms with Crippen molar-refractivity contribution in [3.63, 3.8) is 0 Å². The Labute approximate surface area is 127 Å². The van der Waals surface area contributed by atoms with Crippen LogP contribution in [-0.4, -0.2) is 15.5 Å². The maximum absolute atomic E-state index is 12.1. The zero-order chi connectivity index (χ0) is 13.2. The summed E-state index contributed by atoms with van der Waals surface area (Å²) in [5.74, 6) is -0.142. The summed E-state index contributed by atoms with van der Waals surface area (Å²) in [6.45, 7) is 0. The van der Waals surface area contributed by atoms with Crippen LogP contribution >= 0.6 is 34.1 Å². The summed E-state index contributed by atoms with van der Waals surface area (Å²) in [6.07, 6.45) is 0. The monoisotopic (exact) mass is 381 g/mol. The molecule has 1 aromatic heterocycles. The first-order valence-corrected chi connectivity index (χ1v) is 7.36. The second-order valence-corrected chi connectivity index (χ2v) is 5.95. The lowest BCUT2D eigenvalue weighted by Crippen LogP contribution is -2.11. The Bertz CT molecular complexity index is 739. The Hall–Kier alpha value is -1.54. The van der Waals surface area contributed by atoms with Crippen molar-refractivity contribution in [3.8, 4) is 0 Å². The van der Waals surface area contributed by atoms with Gasteiger partial charge in [0.1, 0.15) is 5.52 Å². The van der Waals surface area contributed by atoms with E-state index in [1.165, 1.54) is 11.5 Å². The van der Waals surface area contributed by atoms with Gasteiger partial charge in [-0.25, -0.2) is 0 Å². The lowest BCUT2D eigenvalue weighted by Gasteiger charge is -2.05. The highest BCUT2D eigenvalue weighted by Crippen LogP contribution is 2.18. The molecule has 3 rings (SSSR count). The fourth-order valence-electron chi connectivity index (χ4n) is 1.66. The number of anilines is 1. The fourth-order valence-corrected chi connectivity index (χ4v) is 2.56. The number of aromatic nitrogens is 2. The largest absolute Gasteiger partial charge is 0.322 e. The van der Waals surface area contributed by atoms with Gasteiger partial charge in [-0.1, -0.05) is 4.49 Å². The van der Waals surface area contributed by atoms with Crippen molar-refractivity contribution in [2.45, 2.75) is 0 Å². The van der Waals surface area contributed by atoms with E-state index in [1.54, 1.807) is 12.1 Å². The van der Waals surface area contributed by atoms with Crippen LogP contribution in [0.15, 0.2) is 42.5 Å². The highest BCUT2D eigenvalue weighted by molar-refractivity contribution is 14.1. The third-order valence-corrected chi connectivity index (χ3v) is 4.04. The van der Waals surface area contributed by atoms with E-state index in [0.29, 0.717) is 5.56 Å². The molecule has 1 heterocycles. The number of nitrogens with zero attached hydrogens (tertiary/aromatic N) is 2. The first-order valence-electron chi connectivity index (χ1n) is 5.51. The third kappa shape index (κ3) is 2.74. The third-order valence-electron chi connectivity index (χ3n) is 2.61. The molecule has 0 aliphatic rings. The molecular weight excluding hydrogens is 373 g/mol. The van der Waals surface area contributed by atoms with Gasteiger partial charge in [0, 0.05) is 14.8 Å². The number of fused-ring (bicyclic) bond motifs is 1. The van der Waals surface area contributed by atoms with Crippen molar-refractivity contribution in [2.24, 2.45) is 0 Å². The first-order chi connectivity index (χ1) is 9.22. The highest BCUT2D eigenvalue weighted by Gasteiger charge is 2.08. The van der Waals surface area contributed by atoms with Gasteiger partial charge in [-0.2, -0.15) is 0 Å². The SMILES string of the molecule is O=C(Nc1ccc(I)cc1)c1ccc2snnc2c1. The number of hydrogen-bond acceptors (Lipinski definition) is 4. The van der Waals surface area contributed by atoms with Crippen LogP contribution in [0, 0.1) is 3.57 Å². The minimum Gasteiger partial charge on any atom is -0.322 e. The molecule has 0 unspecified atom stereocenters. The molecule has 2 aromatic carbocycles. The number of rotatable bonds is 2. The normalized spacial score (nSPS) is 10.6. The van der Waals surface area contributed by atoms with Crippen molar-refractivity contribution in [1.29, 1.82) is 0 Å². The summed E-state index contributed by atoms with van der Waals surface area (Å²) in [5.41, 5.74) is 2.11. The minimum atomic E-state index is -0.142. The topological polar surface area (TPSA) is 54.9 Å². The molecule has 6 heteroatoms. The number of benzene rings is 2. The summed E-state index contributed by atoms with van der Waals surface area (Å²) >= 11 is 3.54. The number of carbonyl (C=O) groups is 1. The van der Waals surface area contributed by atoms with E-state index < -0.39 is 0 Å². The summed E-state index contributed by atoms with van der Waals surface area (Å²) in [6, 6.07) is 13.0. The summed E-state index contributed by atoms with van der Waals surface area (Å²) in [7, 11) is 0. The molecule has 0 aliphatic carbocycles. The van der Waals surface area contributed by atoms with Gasteiger partial charge < -0.3 is 5.32 Å². The molecule has 0 saturated carbocycles. The Morgan fingerprint density at radius 1 is 1.16 bits per heavy atom. The van der Waals surface area contributed by atoms with Crippen molar-refractivity contribution >= 4 is 55.9 Å². The van der Waals surface area contributed by atoms with Crippen molar-refractivity contribution < 1.29 is 4.79 Å². The van der Waals surface area contributed by atoms with Crippen LogP contribution < -0.4 is 5.32 Å². The van der Waals surface area contributed by atoms with Crippen LogP contribution in [-0.2, 0) is 0 Å². The van der Waals surface area contributed by atoms with Gasteiger partial charge in [0.2, 0.25) is 0 Å². The van der Waals surface area contributed by atoms with Crippen molar-refractivity contribution in [1.82, 2.24) is 9.59 Å². The molecule has 0 aliphatic heterocycles. The molecular formula is C13H8IN3OS. The van der Waals surface area contributed by atoms with Gasteiger partial charge in [-0.3, -0.25) is 4.79 Å². The van der Waals surface area contributed by atoms with E-state index in [1.807, 2.05) is 30.3 Å². The molecule has 0 bridgehead atoms. The molecule has 0 saturated heterocycles. The molecule has 1 N–H and O–H groups in total. The average Bonchev–Trinajstić information content (AvgIpc) is 2.88. The van der Waals surface area contributed by atoms with E-state index in [4.69, 9.17) is 0 Å². The van der Waals surface area contributed by atoms with E-state index in [2.05, 4.69) is 37.5 Å². The van der Waals surface area contributed by atoms with Gasteiger partial charge >= 0.3 is 0 Å². The molecule has 19 heavy (non-hydrogen) atoms. The second-order valence-electron chi connectivity index (χ2n) is 3.92. The maximum Gasteiger partial charge on any atom is 0.255 e. The molecule has 1 amide bonds. The molecule has 0 spiro atoms. The van der Waals surface area contributed by atoms with Crippen LogP contribution in [0.2, 0.25) is 0 Å². The van der Waals surface area contributed by atoms with E-state index >= 15 is 0 Å². The zero-order valence-corrected chi connectivity index (χ0v) is 12.6. The summed E-state index contributed by atoms with van der Waals surface area (Å²) < 4.78 is 5.96. The zero-order valence-electron chi connectivity index (χ0n) is 9.63. The smallest absolute Gasteiger partial charge is 0.255 e. The number of nitrogens with one attached hydrogen (secondary N) is 1. The van der Waals surface area contributed by atoms with Crippen LogP contribution in [0.5, 0.6) is 0 Å². The molecule has 3 aromatic rings. The van der Waals surface area contributed by atoms with Gasteiger partial charge in [0.05, 0.1) is 4.70 Å². The Kier molecular flexibility index (Phi) is 3.43. The first kappa shape index (κ1) is 12.5. The predicted molar refractivity (Wildman–Crippen MR) is 84.5 cm³/mol. The Morgan fingerprint density at radius 3 is 2.74 bits per heavy atom. The number of amides is 1. The van der Waals surface area contributed by atoms with Crippen LogP contribution in [0.1, 0.15) is 10.4 Å². The van der Waals surface area contributed by atoms with Crippen molar-refractivity contribution in [3.05, 3.63) is 51.6 Å². The van der Waals surface area contributed by atoms with Gasteiger partial charge in [-0.05, 0) is 76.6 Å². The average molecular weight is 381 g/mol. The molecule has 0 fully saturated rings. The molecule has 4 nitrogen and oxygen atoms in total. The quantitative estimate of drug-likeness (QED) is 0.691. The lowest BCUT2D eigenvalue weighted by atomic mass is 10.2. The van der Waals surface area contributed by atoms with Crippen molar-refractivity contribution in [2.75, 3.05) is 5.32 Å². The Morgan fingerprint density at radius 2 is 1.95 bits per heavy atom. The maximum atomic E-state index is 12.1. The van der Waals surface area contributed by atoms with Gasteiger partial charge in [-0.15, -0.1) is 5.10 Å². The van der Waals surface area contributed by atoms with E-state index in [-0.39, 0.29) is 5.91 Å². The second kappa shape index (κ2) is 5.22. The molecule has 0 atom stereocenters. The number of halogens is 1. The predicted octanol–water partition coefficient (Wildman–Crippen LogP) is 3.55. The number of carbonyl (C=O) groups excluding carboxylic acids is 1. The summed E-state index contributed by atoms with van der Waals surface area (Å²) in [5, 5.41) is 6.82. The van der Waals surface area contributed by atoms with E-state index in [9.17, 15) is 4.79 Å².